The molecule has 0 heterocycles. The molecule has 0 aliphatic heterocycles. The number of esters is 1. The number of oxime groups is 1. The van der Waals surface area contributed by atoms with Gasteiger partial charge >= 0.3 is 5.97 Å². The number of hydrogen-bond acceptors (Lipinski definition) is 5. The Bertz CT molecular complexity index is 966. The quantitative estimate of drug-likeness (QED) is 0.265. The molecular weight excluding hydrogens is 366 g/mol. The first kappa shape index (κ1) is 20.1. The number of rotatable bonds is 8. The van der Waals surface area contributed by atoms with E-state index in [1.54, 1.807) is 0 Å². The lowest BCUT2D eigenvalue weighted by molar-refractivity contribution is -0.140. The van der Waals surface area contributed by atoms with E-state index in [1.807, 2.05) is 78.9 Å². The van der Waals surface area contributed by atoms with Gasteiger partial charge in [-0.1, -0.05) is 65.8 Å². The molecule has 3 aromatic rings. The second kappa shape index (κ2) is 10.1. The summed E-state index contributed by atoms with van der Waals surface area (Å²) in [4.78, 5) is 11.2. The van der Waals surface area contributed by atoms with Crippen LogP contribution in [0.25, 0.3) is 0 Å². The van der Waals surface area contributed by atoms with Crippen LogP contribution in [0.15, 0.2) is 84.0 Å². The summed E-state index contributed by atoms with van der Waals surface area (Å²) < 4.78 is 10.5. The second-order valence-electron chi connectivity index (χ2n) is 6.52. The highest BCUT2D eigenvalue weighted by molar-refractivity contribution is 6.12. The highest BCUT2D eigenvalue weighted by Crippen LogP contribution is 2.17. The Balaban J connectivity index is 1.63. The summed E-state index contributed by atoms with van der Waals surface area (Å²) in [6, 6.07) is 24.9. The molecule has 0 spiro atoms. The number of ether oxygens (including phenoxy) is 2. The normalized spacial score (nSPS) is 11.1. The van der Waals surface area contributed by atoms with Gasteiger partial charge in [-0.25, -0.2) is 0 Å². The number of carbonyl (C=O) groups is 1. The average Bonchev–Trinajstić information content (AvgIpc) is 2.78. The number of aryl methyl sites for hydroxylation is 1. The van der Waals surface area contributed by atoms with Crippen molar-refractivity contribution < 1.29 is 19.5 Å². The molecule has 0 aliphatic carbocycles. The van der Waals surface area contributed by atoms with E-state index in [1.165, 1.54) is 7.11 Å². The predicted octanol–water partition coefficient (Wildman–Crippen LogP) is 4.60. The maximum absolute atomic E-state index is 11.2. The number of nitrogens with zero attached hydrogens (tertiary/aromatic N) is 1. The highest BCUT2D eigenvalue weighted by atomic mass is 16.5. The fourth-order valence-corrected chi connectivity index (χ4v) is 2.95. The maximum Gasteiger partial charge on any atom is 0.305 e. The van der Waals surface area contributed by atoms with Gasteiger partial charge in [0.1, 0.15) is 18.1 Å². The fourth-order valence-electron chi connectivity index (χ4n) is 2.95. The third-order valence-corrected chi connectivity index (χ3v) is 4.52. The topological polar surface area (TPSA) is 68.1 Å². The highest BCUT2D eigenvalue weighted by Gasteiger charge is 2.08. The van der Waals surface area contributed by atoms with Crippen molar-refractivity contribution in [3.8, 4) is 5.75 Å². The average molecular weight is 389 g/mol. The minimum absolute atomic E-state index is 0.216. The van der Waals surface area contributed by atoms with Crippen LogP contribution in [0, 0.1) is 0 Å². The molecule has 148 valence electrons. The number of methoxy groups -OCH3 is 1. The molecule has 5 heteroatoms. The number of benzene rings is 3. The largest absolute Gasteiger partial charge is 0.489 e. The van der Waals surface area contributed by atoms with Crippen LogP contribution in [-0.2, 0) is 22.6 Å². The van der Waals surface area contributed by atoms with Crippen LogP contribution in [0.2, 0.25) is 0 Å². The van der Waals surface area contributed by atoms with Crippen molar-refractivity contribution in [2.45, 2.75) is 19.4 Å². The van der Waals surface area contributed by atoms with E-state index in [9.17, 15) is 10.0 Å². The molecule has 0 saturated heterocycles. The Hall–Kier alpha value is -3.60. The molecule has 0 fully saturated rings. The maximum atomic E-state index is 11.2. The van der Waals surface area contributed by atoms with Crippen molar-refractivity contribution >= 4 is 11.7 Å². The molecule has 0 atom stereocenters. The Morgan fingerprint density at radius 3 is 2.31 bits per heavy atom. The van der Waals surface area contributed by atoms with Crippen molar-refractivity contribution in [2.75, 3.05) is 7.11 Å². The standard InChI is InChI=1S/C24H23NO4/c1-28-23(26)15-12-18-10-13-22(14-11-18)29-17-19-6-5-9-21(16-19)24(25-27)20-7-3-2-4-8-20/h2-11,13-14,16,27H,12,15,17H2,1H3. The van der Waals surface area contributed by atoms with Gasteiger partial charge in [0.2, 0.25) is 0 Å². The summed E-state index contributed by atoms with van der Waals surface area (Å²) in [5, 5.41) is 13.0. The van der Waals surface area contributed by atoms with Gasteiger partial charge in [-0.15, -0.1) is 0 Å². The Morgan fingerprint density at radius 2 is 1.62 bits per heavy atom. The van der Waals surface area contributed by atoms with Gasteiger partial charge in [-0.2, -0.15) is 0 Å². The van der Waals surface area contributed by atoms with Gasteiger partial charge in [0.25, 0.3) is 0 Å². The van der Waals surface area contributed by atoms with E-state index in [-0.39, 0.29) is 5.97 Å². The third kappa shape index (κ3) is 5.69. The van der Waals surface area contributed by atoms with Gasteiger partial charge in [-0.3, -0.25) is 4.79 Å². The van der Waals surface area contributed by atoms with Crippen LogP contribution < -0.4 is 4.74 Å². The van der Waals surface area contributed by atoms with E-state index < -0.39 is 0 Å². The fraction of sp³-hybridized carbons (Fsp3) is 0.167. The molecule has 0 unspecified atom stereocenters. The molecule has 0 saturated carbocycles. The summed E-state index contributed by atoms with van der Waals surface area (Å²) in [5.74, 6) is 0.530. The van der Waals surface area contributed by atoms with Crippen LogP contribution in [0.3, 0.4) is 0 Å². The molecule has 1 N–H and O–H groups in total. The Kier molecular flexibility index (Phi) is 7.00. The van der Waals surface area contributed by atoms with Gasteiger partial charge in [0, 0.05) is 17.5 Å². The van der Waals surface area contributed by atoms with Crippen LogP contribution in [0.1, 0.15) is 28.7 Å². The molecule has 29 heavy (non-hydrogen) atoms. The molecule has 0 radical (unpaired) electrons. The molecule has 3 rings (SSSR count). The van der Waals surface area contributed by atoms with E-state index in [2.05, 4.69) is 9.89 Å². The predicted molar refractivity (Wildman–Crippen MR) is 111 cm³/mol. The zero-order valence-electron chi connectivity index (χ0n) is 16.2. The van der Waals surface area contributed by atoms with Crippen molar-refractivity contribution in [3.05, 3.63) is 101 Å². The van der Waals surface area contributed by atoms with Crippen molar-refractivity contribution in [1.29, 1.82) is 0 Å². The molecule has 5 nitrogen and oxygen atoms in total. The lowest BCUT2D eigenvalue weighted by Gasteiger charge is -2.10. The number of carbonyl (C=O) groups excluding carboxylic acids is 1. The van der Waals surface area contributed by atoms with E-state index in [0.717, 1.165) is 28.0 Å². The van der Waals surface area contributed by atoms with Gasteiger partial charge in [0.15, 0.2) is 0 Å². The van der Waals surface area contributed by atoms with Crippen molar-refractivity contribution in [1.82, 2.24) is 0 Å². The third-order valence-electron chi connectivity index (χ3n) is 4.52. The zero-order chi connectivity index (χ0) is 20.5. The van der Waals surface area contributed by atoms with Gasteiger partial charge < -0.3 is 14.7 Å². The Morgan fingerprint density at radius 1 is 0.897 bits per heavy atom. The van der Waals surface area contributed by atoms with Crippen LogP contribution >= 0.6 is 0 Å². The smallest absolute Gasteiger partial charge is 0.305 e. The second-order valence-corrected chi connectivity index (χ2v) is 6.52. The van der Waals surface area contributed by atoms with E-state index in [4.69, 9.17) is 4.74 Å². The summed E-state index contributed by atoms with van der Waals surface area (Å²) in [6.45, 7) is 0.392. The van der Waals surface area contributed by atoms with E-state index in [0.29, 0.717) is 25.2 Å². The summed E-state index contributed by atoms with van der Waals surface area (Å²) >= 11 is 0. The molecule has 3 aromatic carbocycles. The first-order valence-corrected chi connectivity index (χ1v) is 9.35. The molecule has 0 aromatic heterocycles. The van der Waals surface area contributed by atoms with Crippen molar-refractivity contribution in [2.24, 2.45) is 5.16 Å². The first-order chi connectivity index (χ1) is 14.2. The monoisotopic (exact) mass is 389 g/mol. The molecule has 0 aliphatic rings. The molecular formula is C24H23NO4. The minimum Gasteiger partial charge on any atom is -0.489 e. The number of hydrogen-bond donors (Lipinski definition) is 1. The first-order valence-electron chi connectivity index (χ1n) is 9.35. The Labute approximate surface area is 170 Å². The van der Waals surface area contributed by atoms with Crippen LogP contribution in [0.5, 0.6) is 5.75 Å². The van der Waals surface area contributed by atoms with Crippen LogP contribution in [0.4, 0.5) is 0 Å². The SMILES string of the molecule is COC(=O)CCc1ccc(OCc2cccc(C(=NO)c3ccccc3)c2)cc1. The van der Waals surface area contributed by atoms with E-state index >= 15 is 0 Å². The molecule has 0 bridgehead atoms. The lowest BCUT2D eigenvalue weighted by atomic mass is 10.0. The summed E-state index contributed by atoms with van der Waals surface area (Å²) in [5.41, 5.74) is 4.20. The van der Waals surface area contributed by atoms with Gasteiger partial charge in [0.05, 0.1) is 7.11 Å². The minimum atomic E-state index is -0.216. The lowest BCUT2D eigenvalue weighted by Crippen LogP contribution is -2.05. The van der Waals surface area contributed by atoms with Gasteiger partial charge in [-0.05, 0) is 35.7 Å². The summed E-state index contributed by atoms with van der Waals surface area (Å²) in [6.07, 6.45) is 0.997. The van der Waals surface area contributed by atoms with Crippen molar-refractivity contribution in [3.63, 3.8) is 0 Å². The summed E-state index contributed by atoms with van der Waals surface area (Å²) in [7, 11) is 1.39. The zero-order valence-corrected chi connectivity index (χ0v) is 16.2. The van der Waals surface area contributed by atoms with Crippen LogP contribution in [-0.4, -0.2) is 24.0 Å². The molecule has 0 amide bonds.